The summed E-state index contributed by atoms with van der Waals surface area (Å²) >= 11 is 0. The fourth-order valence-corrected chi connectivity index (χ4v) is 2.33. The predicted octanol–water partition coefficient (Wildman–Crippen LogP) is 3.40. The van der Waals surface area contributed by atoms with E-state index in [4.69, 9.17) is 4.74 Å². The van der Waals surface area contributed by atoms with Gasteiger partial charge in [-0.3, -0.25) is 14.9 Å². The van der Waals surface area contributed by atoms with E-state index in [1.54, 1.807) is 19.1 Å². The Morgan fingerprint density at radius 2 is 2.04 bits per heavy atom. The maximum absolute atomic E-state index is 13.3. The Morgan fingerprint density at radius 3 is 2.62 bits per heavy atom. The van der Waals surface area contributed by atoms with Crippen molar-refractivity contribution in [1.29, 1.82) is 0 Å². The summed E-state index contributed by atoms with van der Waals surface area (Å²) in [5.41, 5.74) is 0.555. The van der Waals surface area contributed by atoms with Crippen molar-refractivity contribution < 1.29 is 18.8 Å². The molecule has 0 aliphatic rings. The molecule has 6 nitrogen and oxygen atoms in total. The van der Waals surface area contributed by atoms with Crippen LogP contribution in [0.1, 0.15) is 22.8 Å². The summed E-state index contributed by atoms with van der Waals surface area (Å²) in [5, 5.41) is 11.1. The van der Waals surface area contributed by atoms with Crippen molar-refractivity contribution in [2.45, 2.75) is 13.5 Å². The molecule has 126 valence electrons. The molecule has 0 N–H and O–H groups in total. The van der Waals surface area contributed by atoms with Crippen LogP contribution < -0.4 is 4.74 Å². The first-order valence-corrected chi connectivity index (χ1v) is 7.32. The van der Waals surface area contributed by atoms with E-state index in [-0.39, 0.29) is 35.3 Å². The minimum Gasteiger partial charge on any atom is -0.490 e. The van der Waals surface area contributed by atoms with Gasteiger partial charge < -0.3 is 9.64 Å². The van der Waals surface area contributed by atoms with Crippen LogP contribution in [0.2, 0.25) is 0 Å². The van der Waals surface area contributed by atoms with Crippen molar-refractivity contribution in [1.82, 2.24) is 4.90 Å². The quantitative estimate of drug-likeness (QED) is 0.600. The Balaban J connectivity index is 2.28. The summed E-state index contributed by atoms with van der Waals surface area (Å²) in [4.78, 5) is 24.6. The molecule has 7 heteroatoms. The molecule has 0 saturated heterocycles. The summed E-state index contributed by atoms with van der Waals surface area (Å²) < 4.78 is 18.2. The molecule has 0 radical (unpaired) electrons. The molecule has 0 fully saturated rings. The second kappa shape index (κ2) is 7.54. The lowest BCUT2D eigenvalue weighted by molar-refractivity contribution is -0.385. The third-order valence-corrected chi connectivity index (χ3v) is 3.55. The number of nitro benzene ring substituents is 1. The lowest BCUT2D eigenvalue weighted by Gasteiger charge is -2.21. The largest absolute Gasteiger partial charge is 0.490 e. The average Bonchev–Trinajstić information content (AvgIpc) is 2.58. The van der Waals surface area contributed by atoms with Crippen molar-refractivity contribution in [2.24, 2.45) is 0 Å². The number of rotatable bonds is 6. The molecular formula is C17H17FN2O4. The van der Waals surface area contributed by atoms with E-state index in [0.717, 1.165) is 0 Å². The van der Waals surface area contributed by atoms with E-state index >= 15 is 0 Å². The monoisotopic (exact) mass is 332 g/mol. The van der Waals surface area contributed by atoms with Gasteiger partial charge in [-0.05, 0) is 36.8 Å². The Hall–Kier alpha value is -2.96. The predicted molar refractivity (Wildman–Crippen MR) is 86.5 cm³/mol. The van der Waals surface area contributed by atoms with Crippen molar-refractivity contribution in [2.75, 3.05) is 13.7 Å². The second-order valence-electron chi connectivity index (χ2n) is 5.09. The number of ether oxygens (including phenoxy) is 1. The summed E-state index contributed by atoms with van der Waals surface area (Å²) in [6, 6.07) is 10.0. The zero-order valence-electron chi connectivity index (χ0n) is 13.4. The summed E-state index contributed by atoms with van der Waals surface area (Å²) in [5.74, 6) is -0.659. The standard InChI is InChI=1S/C17H17FN2O4/c1-3-19(11-12-5-4-6-14(18)9-12)17(21)13-7-8-16(24-2)15(10-13)20(22)23/h4-10H,3,11H2,1-2H3. The van der Waals surface area contributed by atoms with E-state index < -0.39 is 4.92 Å². The van der Waals surface area contributed by atoms with Gasteiger partial charge in [-0.25, -0.2) is 4.39 Å². The number of hydrogen-bond donors (Lipinski definition) is 0. The molecule has 0 saturated carbocycles. The number of nitro groups is 1. The Bertz CT molecular complexity index is 764. The number of methoxy groups -OCH3 is 1. The van der Waals surface area contributed by atoms with Crippen molar-refractivity contribution in [3.63, 3.8) is 0 Å². The summed E-state index contributed by atoms with van der Waals surface area (Å²) in [6.45, 7) is 2.39. The zero-order chi connectivity index (χ0) is 17.7. The molecule has 0 aromatic heterocycles. The van der Waals surface area contributed by atoms with Gasteiger partial charge in [0, 0.05) is 24.7 Å². The van der Waals surface area contributed by atoms with Gasteiger partial charge in [0.1, 0.15) is 5.82 Å². The molecule has 0 bridgehead atoms. The second-order valence-corrected chi connectivity index (χ2v) is 5.09. The third-order valence-electron chi connectivity index (χ3n) is 3.55. The van der Waals surface area contributed by atoms with Crippen molar-refractivity contribution >= 4 is 11.6 Å². The van der Waals surface area contributed by atoms with E-state index in [0.29, 0.717) is 12.1 Å². The number of carbonyl (C=O) groups excluding carboxylic acids is 1. The highest BCUT2D eigenvalue weighted by molar-refractivity contribution is 5.95. The van der Waals surface area contributed by atoms with Crippen LogP contribution in [-0.2, 0) is 6.54 Å². The number of amides is 1. The first-order valence-electron chi connectivity index (χ1n) is 7.32. The minimum absolute atomic E-state index is 0.0877. The van der Waals surface area contributed by atoms with Gasteiger partial charge >= 0.3 is 5.69 Å². The average molecular weight is 332 g/mol. The maximum atomic E-state index is 13.3. The van der Waals surface area contributed by atoms with Gasteiger partial charge in [0.25, 0.3) is 5.91 Å². The molecule has 0 aliphatic carbocycles. The van der Waals surface area contributed by atoms with Crippen LogP contribution in [0.3, 0.4) is 0 Å². The molecular weight excluding hydrogens is 315 g/mol. The van der Waals surface area contributed by atoms with Crippen molar-refractivity contribution in [3.05, 3.63) is 69.5 Å². The molecule has 0 unspecified atom stereocenters. The molecule has 0 aliphatic heterocycles. The smallest absolute Gasteiger partial charge is 0.311 e. The molecule has 0 atom stereocenters. The van der Waals surface area contributed by atoms with Crippen LogP contribution in [0.25, 0.3) is 0 Å². The van der Waals surface area contributed by atoms with Gasteiger partial charge in [-0.15, -0.1) is 0 Å². The van der Waals surface area contributed by atoms with E-state index in [1.807, 2.05) is 0 Å². The normalized spacial score (nSPS) is 10.3. The fraction of sp³-hybridized carbons (Fsp3) is 0.235. The number of hydrogen-bond acceptors (Lipinski definition) is 4. The molecule has 0 heterocycles. The fourth-order valence-electron chi connectivity index (χ4n) is 2.33. The van der Waals surface area contributed by atoms with E-state index in [1.165, 1.54) is 42.3 Å². The lowest BCUT2D eigenvalue weighted by Crippen LogP contribution is -2.30. The van der Waals surface area contributed by atoms with E-state index in [9.17, 15) is 19.3 Å². The SMILES string of the molecule is CCN(Cc1cccc(F)c1)C(=O)c1ccc(OC)c([N+](=O)[O-])c1. The highest BCUT2D eigenvalue weighted by Gasteiger charge is 2.21. The molecule has 2 aromatic carbocycles. The highest BCUT2D eigenvalue weighted by atomic mass is 19.1. The number of benzene rings is 2. The topological polar surface area (TPSA) is 72.7 Å². The van der Waals surface area contributed by atoms with Crippen LogP contribution in [0, 0.1) is 15.9 Å². The first kappa shape index (κ1) is 17.4. The van der Waals surface area contributed by atoms with Crippen molar-refractivity contribution in [3.8, 4) is 5.75 Å². The highest BCUT2D eigenvalue weighted by Crippen LogP contribution is 2.28. The van der Waals surface area contributed by atoms with Crippen LogP contribution in [-0.4, -0.2) is 29.4 Å². The summed E-state index contributed by atoms with van der Waals surface area (Å²) in [6.07, 6.45) is 0. The summed E-state index contributed by atoms with van der Waals surface area (Å²) in [7, 11) is 1.33. The number of halogens is 1. The van der Waals surface area contributed by atoms with Crippen LogP contribution in [0.15, 0.2) is 42.5 Å². The van der Waals surface area contributed by atoms with Crippen LogP contribution in [0.4, 0.5) is 10.1 Å². The maximum Gasteiger partial charge on any atom is 0.311 e. The number of carbonyl (C=O) groups is 1. The molecule has 0 spiro atoms. The van der Waals surface area contributed by atoms with Crippen LogP contribution in [0.5, 0.6) is 5.75 Å². The molecule has 2 rings (SSSR count). The molecule has 2 aromatic rings. The Kier molecular flexibility index (Phi) is 5.47. The van der Waals surface area contributed by atoms with Gasteiger partial charge in [0.15, 0.2) is 5.75 Å². The zero-order valence-corrected chi connectivity index (χ0v) is 13.4. The Labute approximate surface area is 138 Å². The molecule has 24 heavy (non-hydrogen) atoms. The van der Waals surface area contributed by atoms with Gasteiger partial charge in [-0.2, -0.15) is 0 Å². The Morgan fingerprint density at radius 1 is 1.29 bits per heavy atom. The van der Waals surface area contributed by atoms with Gasteiger partial charge in [0.2, 0.25) is 0 Å². The van der Waals surface area contributed by atoms with Gasteiger partial charge in [0.05, 0.1) is 12.0 Å². The number of nitrogens with zero attached hydrogens (tertiary/aromatic N) is 2. The van der Waals surface area contributed by atoms with Gasteiger partial charge in [-0.1, -0.05) is 12.1 Å². The third kappa shape index (κ3) is 3.87. The first-order chi connectivity index (χ1) is 11.5. The van der Waals surface area contributed by atoms with E-state index in [2.05, 4.69) is 0 Å². The lowest BCUT2D eigenvalue weighted by atomic mass is 10.1. The molecule has 1 amide bonds. The van der Waals surface area contributed by atoms with Crippen LogP contribution >= 0.6 is 0 Å². The minimum atomic E-state index is -0.599.